The molecule has 2 N–H and O–H groups in total. The average Bonchev–Trinajstić information content (AvgIpc) is 3.15. The van der Waals surface area contributed by atoms with E-state index in [1.165, 1.54) is 11.1 Å². The maximum Gasteiger partial charge on any atom is 0.317 e. The molecule has 0 saturated carbocycles. The van der Waals surface area contributed by atoms with Crippen molar-refractivity contribution in [3.8, 4) is 0 Å². The Bertz CT molecular complexity index is 660. The third kappa shape index (κ3) is 4.60. The van der Waals surface area contributed by atoms with Gasteiger partial charge < -0.3 is 15.3 Å². The van der Waals surface area contributed by atoms with Crippen LogP contribution in [-0.2, 0) is 6.42 Å². The van der Waals surface area contributed by atoms with Crippen LogP contribution in [0.25, 0.3) is 0 Å². The molecule has 0 spiro atoms. The molecule has 1 fully saturated rings. The Morgan fingerprint density at radius 2 is 1.80 bits per heavy atom. The summed E-state index contributed by atoms with van der Waals surface area (Å²) in [4.78, 5) is 14.3. The maximum atomic E-state index is 12.5. The van der Waals surface area contributed by atoms with Crippen molar-refractivity contribution in [2.75, 3.05) is 19.7 Å². The number of nitrogens with one attached hydrogen (secondary N) is 1. The van der Waals surface area contributed by atoms with Gasteiger partial charge in [0.1, 0.15) is 0 Å². The van der Waals surface area contributed by atoms with E-state index in [-0.39, 0.29) is 24.6 Å². The van der Waals surface area contributed by atoms with Crippen molar-refractivity contribution in [2.24, 2.45) is 0 Å². The first-order chi connectivity index (χ1) is 12.3. The SMILES string of the molecule is O=C(NCC(Cc1ccccc1)c1ccccc1)N1CCC[C@H]1CO. The van der Waals surface area contributed by atoms with Crippen LogP contribution in [0.15, 0.2) is 60.7 Å². The van der Waals surface area contributed by atoms with E-state index in [0.29, 0.717) is 6.54 Å². The van der Waals surface area contributed by atoms with Crippen molar-refractivity contribution in [2.45, 2.75) is 31.2 Å². The summed E-state index contributed by atoms with van der Waals surface area (Å²) < 4.78 is 0. The van der Waals surface area contributed by atoms with E-state index in [1.54, 1.807) is 4.90 Å². The number of amides is 2. The molecule has 4 heteroatoms. The molecule has 1 unspecified atom stereocenters. The van der Waals surface area contributed by atoms with Gasteiger partial charge in [0, 0.05) is 19.0 Å². The second-order valence-electron chi connectivity index (χ2n) is 6.66. The Kier molecular flexibility index (Phi) is 6.07. The van der Waals surface area contributed by atoms with Gasteiger partial charge in [0.05, 0.1) is 12.6 Å². The molecule has 2 amide bonds. The van der Waals surface area contributed by atoms with Gasteiger partial charge in [-0.25, -0.2) is 4.79 Å². The van der Waals surface area contributed by atoms with Crippen LogP contribution in [-0.4, -0.2) is 41.8 Å². The van der Waals surface area contributed by atoms with Gasteiger partial charge in [-0.2, -0.15) is 0 Å². The molecule has 0 bridgehead atoms. The number of aliphatic hydroxyl groups excluding tert-OH is 1. The number of benzene rings is 2. The zero-order chi connectivity index (χ0) is 17.5. The molecule has 3 rings (SSSR count). The van der Waals surface area contributed by atoms with E-state index < -0.39 is 0 Å². The van der Waals surface area contributed by atoms with Gasteiger partial charge in [-0.15, -0.1) is 0 Å². The fourth-order valence-corrected chi connectivity index (χ4v) is 3.54. The predicted octanol–water partition coefficient (Wildman–Crippen LogP) is 3.18. The van der Waals surface area contributed by atoms with Crippen molar-refractivity contribution in [3.05, 3.63) is 71.8 Å². The highest BCUT2D eigenvalue weighted by Gasteiger charge is 2.28. The summed E-state index contributed by atoms with van der Waals surface area (Å²) in [6.45, 7) is 1.36. The molecule has 2 atom stereocenters. The fraction of sp³-hybridized carbons (Fsp3) is 0.381. The van der Waals surface area contributed by atoms with Crippen LogP contribution in [0.4, 0.5) is 4.79 Å². The second kappa shape index (κ2) is 8.67. The van der Waals surface area contributed by atoms with Crippen LogP contribution in [0.1, 0.15) is 29.9 Å². The predicted molar refractivity (Wildman–Crippen MR) is 99.5 cm³/mol. The zero-order valence-corrected chi connectivity index (χ0v) is 14.5. The molecule has 1 saturated heterocycles. The summed E-state index contributed by atoms with van der Waals surface area (Å²) >= 11 is 0. The Morgan fingerprint density at radius 1 is 1.12 bits per heavy atom. The summed E-state index contributed by atoms with van der Waals surface area (Å²) in [6.07, 6.45) is 2.73. The van der Waals surface area contributed by atoms with E-state index in [0.717, 1.165) is 25.8 Å². The largest absolute Gasteiger partial charge is 0.394 e. The summed E-state index contributed by atoms with van der Waals surface area (Å²) in [7, 11) is 0. The lowest BCUT2D eigenvalue weighted by atomic mass is 9.92. The number of carbonyl (C=O) groups is 1. The topological polar surface area (TPSA) is 52.6 Å². The van der Waals surface area contributed by atoms with E-state index in [4.69, 9.17) is 0 Å². The third-order valence-corrected chi connectivity index (χ3v) is 4.94. The molecule has 1 heterocycles. The Balaban J connectivity index is 1.66. The minimum absolute atomic E-state index is 0.0377. The zero-order valence-electron chi connectivity index (χ0n) is 14.5. The van der Waals surface area contributed by atoms with Gasteiger partial charge in [-0.05, 0) is 30.4 Å². The van der Waals surface area contributed by atoms with Gasteiger partial charge in [0.25, 0.3) is 0 Å². The summed E-state index contributed by atoms with van der Waals surface area (Å²) in [5, 5.41) is 12.5. The van der Waals surface area contributed by atoms with Crippen LogP contribution in [0.2, 0.25) is 0 Å². The van der Waals surface area contributed by atoms with Crippen LogP contribution < -0.4 is 5.32 Å². The summed E-state index contributed by atoms with van der Waals surface area (Å²) in [5.41, 5.74) is 2.49. The highest BCUT2D eigenvalue weighted by Crippen LogP contribution is 2.21. The number of rotatable bonds is 6. The second-order valence-corrected chi connectivity index (χ2v) is 6.66. The molecule has 2 aromatic carbocycles. The molecule has 0 aliphatic carbocycles. The molecule has 132 valence electrons. The number of likely N-dealkylation sites (tertiary alicyclic amines) is 1. The van der Waals surface area contributed by atoms with E-state index in [1.807, 2.05) is 36.4 Å². The first-order valence-corrected chi connectivity index (χ1v) is 9.02. The lowest BCUT2D eigenvalue weighted by Crippen LogP contribution is -2.45. The Morgan fingerprint density at radius 3 is 2.48 bits per heavy atom. The van der Waals surface area contributed by atoms with Gasteiger partial charge in [0.15, 0.2) is 0 Å². The number of nitrogens with zero attached hydrogens (tertiary/aromatic N) is 1. The Hall–Kier alpha value is -2.33. The highest BCUT2D eigenvalue weighted by molar-refractivity contribution is 5.75. The first-order valence-electron chi connectivity index (χ1n) is 9.02. The minimum Gasteiger partial charge on any atom is -0.394 e. The van der Waals surface area contributed by atoms with Gasteiger partial charge >= 0.3 is 6.03 Å². The fourth-order valence-electron chi connectivity index (χ4n) is 3.54. The van der Waals surface area contributed by atoms with Crippen LogP contribution in [0, 0.1) is 0 Å². The van der Waals surface area contributed by atoms with Crippen molar-refractivity contribution < 1.29 is 9.90 Å². The lowest BCUT2D eigenvalue weighted by molar-refractivity contribution is 0.157. The number of carbonyl (C=O) groups excluding carboxylic acids is 1. The molecule has 2 aromatic rings. The van der Waals surface area contributed by atoms with Crippen LogP contribution in [0.3, 0.4) is 0 Å². The standard InChI is InChI=1S/C21H26N2O2/c24-16-20-12-7-13-23(20)21(25)22-15-19(18-10-5-2-6-11-18)14-17-8-3-1-4-9-17/h1-6,8-11,19-20,24H,7,12-16H2,(H,22,25)/t19?,20-/m0/s1. The number of urea groups is 1. The van der Waals surface area contributed by atoms with Gasteiger partial charge in [0.2, 0.25) is 0 Å². The first kappa shape index (κ1) is 17.5. The summed E-state index contributed by atoms with van der Waals surface area (Å²) in [6, 6.07) is 20.6. The quantitative estimate of drug-likeness (QED) is 0.850. The van der Waals surface area contributed by atoms with E-state index >= 15 is 0 Å². The van der Waals surface area contributed by atoms with Crippen molar-refractivity contribution in [1.82, 2.24) is 10.2 Å². The van der Waals surface area contributed by atoms with E-state index in [2.05, 4.69) is 29.6 Å². The highest BCUT2D eigenvalue weighted by atomic mass is 16.3. The molecular formula is C21H26N2O2. The van der Waals surface area contributed by atoms with Gasteiger partial charge in [-0.3, -0.25) is 0 Å². The van der Waals surface area contributed by atoms with Crippen LogP contribution in [0.5, 0.6) is 0 Å². The number of hydrogen-bond donors (Lipinski definition) is 2. The third-order valence-electron chi connectivity index (χ3n) is 4.94. The molecule has 0 aromatic heterocycles. The molecule has 4 nitrogen and oxygen atoms in total. The smallest absolute Gasteiger partial charge is 0.317 e. The summed E-state index contributed by atoms with van der Waals surface area (Å²) in [5.74, 6) is 0.225. The van der Waals surface area contributed by atoms with Crippen molar-refractivity contribution >= 4 is 6.03 Å². The van der Waals surface area contributed by atoms with Crippen molar-refractivity contribution in [3.63, 3.8) is 0 Å². The minimum atomic E-state index is -0.0643. The Labute approximate surface area is 149 Å². The molecule has 25 heavy (non-hydrogen) atoms. The van der Waals surface area contributed by atoms with Gasteiger partial charge in [-0.1, -0.05) is 60.7 Å². The maximum absolute atomic E-state index is 12.5. The molecule has 1 aliphatic heterocycles. The monoisotopic (exact) mass is 338 g/mol. The van der Waals surface area contributed by atoms with Crippen LogP contribution >= 0.6 is 0 Å². The normalized spacial score (nSPS) is 18.1. The molecule has 1 aliphatic rings. The average molecular weight is 338 g/mol. The molecular weight excluding hydrogens is 312 g/mol. The number of aliphatic hydroxyl groups is 1. The lowest BCUT2D eigenvalue weighted by Gasteiger charge is -2.25. The number of hydrogen-bond acceptors (Lipinski definition) is 2. The van der Waals surface area contributed by atoms with E-state index in [9.17, 15) is 9.90 Å². The van der Waals surface area contributed by atoms with Crippen molar-refractivity contribution in [1.29, 1.82) is 0 Å². The molecule has 0 radical (unpaired) electrons.